The Bertz CT molecular complexity index is 391. The van der Waals surface area contributed by atoms with Crippen LogP contribution in [0, 0.1) is 17.0 Å². The summed E-state index contributed by atoms with van der Waals surface area (Å²) in [5, 5.41) is 10.6. The number of benzene rings is 1. The highest BCUT2D eigenvalue weighted by Crippen LogP contribution is 2.31. The molecule has 1 rings (SSSR count). The Hall–Kier alpha value is -0.900. The summed E-state index contributed by atoms with van der Waals surface area (Å²) in [5.41, 5.74) is 2.35. The van der Waals surface area contributed by atoms with E-state index in [2.05, 4.69) is 29.8 Å². The number of nitrogens with zero attached hydrogens (tertiary/aromatic N) is 1. The van der Waals surface area contributed by atoms with Crippen molar-refractivity contribution in [1.29, 1.82) is 0 Å². The molecule has 0 bridgehead atoms. The first-order valence-corrected chi connectivity index (χ1v) is 6.28. The predicted molar refractivity (Wildman–Crippen MR) is 69.3 cm³/mol. The smallest absolute Gasteiger partial charge is 0.258 e. The molecule has 3 nitrogen and oxygen atoms in total. The lowest BCUT2D eigenvalue weighted by Crippen LogP contribution is -2.09. The molecule has 2 atom stereocenters. The van der Waals surface area contributed by atoms with Crippen LogP contribution in [0.15, 0.2) is 18.2 Å². The van der Waals surface area contributed by atoms with Gasteiger partial charge in [0.25, 0.3) is 5.69 Å². The number of halogens is 1. The first-order chi connectivity index (χ1) is 7.47. The summed E-state index contributed by atoms with van der Waals surface area (Å²) in [6.07, 6.45) is 1.02. The number of hydrogen-bond donors (Lipinski definition) is 0. The van der Waals surface area contributed by atoms with Crippen molar-refractivity contribution in [2.24, 2.45) is 0 Å². The van der Waals surface area contributed by atoms with Gasteiger partial charge in [-0.25, -0.2) is 0 Å². The van der Waals surface area contributed by atoms with Gasteiger partial charge in [-0.05, 0) is 30.4 Å². The third kappa shape index (κ3) is 2.82. The van der Waals surface area contributed by atoms with Crippen molar-refractivity contribution in [3.8, 4) is 0 Å². The summed E-state index contributed by atoms with van der Waals surface area (Å²) in [6.45, 7) is 6.17. The molecule has 1 aromatic carbocycles. The van der Waals surface area contributed by atoms with Gasteiger partial charge in [0.15, 0.2) is 0 Å². The van der Waals surface area contributed by atoms with Gasteiger partial charge in [0.2, 0.25) is 0 Å². The van der Waals surface area contributed by atoms with Gasteiger partial charge in [-0.2, -0.15) is 0 Å². The van der Waals surface area contributed by atoms with Crippen molar-refractivity contribution in [3.63, 3.8) is 0 Å². The normalized spacial score (nSPS) is 14.5. The second-order valence-corrected chi connectivity index (χ2v) is 5.43. The minimum absolute atomic E-state index is 0.165. The molecule has 0 amide bonds. The Balaban J connectivity index is 3.11. The lowest BCUT2D eigenvalue weighted by molar-refractivity contribution is -0.384. The summed E-state index contributed by atoms with van der Waals surface area (Å²) in [7, 11) is 0. The van der Waals surface area contributed by atoms with Gasteiger partial charge in [0.1, 0.15) is 0 Å². The highest BCUT2D eigenvalue weighted by atomic mass is 79.9. The molecule has 0 heterocycles. The molecule has 16 heavy (non-hydrogen) atoms. The minimum Gasteiger partial charge on any atom is -0.258 e. The third-order valence-electron chi connectivity index (χ3n) is 2.86. The van der Waals surface area contributed by atoms with E-state index in [1.54, 1.807) is 12.1 Å². The lowest BCUT2D eigenvalue weighted by atomic mass is 9.90. The molecule has 4 heteroatoms. The molecular weight excluding hydrogens is 270 g/mol. The lowest BCUT2D eigenvalue weighted by Gasteiger charge is -2.20. The Morgan fingerprint density at radius 3 is 2.50 bits per heavy atom. The highest BCUT2D eigenvalue weighted by molar-refractivity contribution is 9.09. The van der Waals surface area contributed by atoms with Gasteiger partial charge in [0, 0.05) is 17.0 Å². The zero-order chi connectivity index (χ0) is 12.3. The number of hydrogen-bond acceptors (Lipinski definition) is 2. The van der Waals surface area contributed by atoms with Crippen LogP contribution in [-0.4, -0.2) is 9.75 Å². The Morgan fingerprint density at radius 1 is 1.50 bits per heavy atom. The highest BCUT2D eigenvalue weighted by Gasteiger charge is 2.18. The van der Waals surface area contributed by atoms with Crippen LogP contribution in [-0.2, 0) is 0 Å². The van der Waals surface area contributed by atoms with Crippen LogP contribution >= 0.6 is 15.9 Å². The van der Waals surface area contributed by atoms with E-state index in [4.69, 9.17) is 0 Å². The summed E-state index contributed by atoms with van der Waals surface area (Å²) >= 11 is 3.59. The number of nitro groups is 1. The van der Waals surface area contributed by atoms with Crippen LogP contribution in [0.25, 0.3) is 0 Å². The van der Waals surface area contributed by atoms with Gasteiger partial charge >= 0.3 is 0 Å². The average Bonchev–Trinajstić information content (AvgIpc) is 2.20. The Labute approximate surface area is 104 Å². The molecule has 0 saturated heterocycles. The Kier molecular flexibility index (Phi) is 4.47. The molecule has 88 valence electrons. The molecule has 0 radical (unpaired) electrons. The molecule has 0 aromatic heterocycles. The standard InChI is InChI=1S/C12H16BrNO2/c1-4-11(9(3)13)12-6-5-10(14(15)16)7-8(12)2/h5-7,9,11H,4H2,1-3H3. The second-order valence-electron chi connectivity index (χ2n) is 3.99. The largest absolute Gasteiger partial charge is 0.269 e. The van der Waals surface area contributed by atoms with Gasteiger partial charge in [-0.15, -0.1) is 0 Å². The topological polar surface area (TPSA) is 43.1 Å². The van der Waals surface area contributed by atoms with Crippen molar-refractivity contribution in [2.75, 3.05) is 0 Å². The summed E-state index contributed by atoms with van der Waals surface area (Å²) in [5.74, 6) is 0.404. The summed E-state index contributed by atoms with van der Waals surface area (Å²) < 4.78 is 0. The van der Waals surface area contributed by atoms with Gasteiger partial charge < -0.3 is 0 Å². The Morgan fingerprint density at radius 2 is 2.12 bits per heavy atom. The predicted octanol–water partition coefficient (Wildman–Crippen LogP) is 4.18. The molecule has 0 fully saturated rings. The number of rotatable bonds is 4. The molecule has 0 aliphatic rings. The summed E-state index contributed by atoms with van der Waals surface area (Å²) in [6, 6.07) is 5.10. The van der Waals surface area contributed by atoms with E-state index < -0.39 is 0 Å². The average molecular weight is 286 g/mol. The molecule has 1 aromatic rings. The van der Waals surface area contributed by atoms with Crippen LogP contribution in [0.2, 0.25) is 0 Å². The zero-order valence-corrected chi connectivity index (χ0v) is 11.3. The number of non-ortho nitro benzene ring substituents is 1. The molecule has 0 N–H and O–H groups in total. The van der Waals surface area contributed by atoms with Gasteiger partial charge in [-0.1, -0.05) is 35.8 Å². The maximum atomic E-state index is 10.6. The SMILES string of the molecule is CCC(c1ccc([N+](=O)[O-])cc1C)C(C)Br. The second kappa shape index (κ2) is 5.43. The van der Waals surface area contributed by atoms with Crippen molar-refractivity contribution in [1.82, 2.24) is 0 Å². The molecule has 0 saturated carbocycles. The first kappa shape index (κ1) is 13.2. The summed E-state index contributed by atoms with van der Waals surface area (Å²) in [4.78, 5) is 10.7. The maximum Gasteiger partial charge on any atom is 0.269 e. The van der Waals surface area contributed by atoms with Crippen LogP contribution in [0.3, 0.4) is 0 Å². The fourth-order valence-electron chi connectivity index (χ4n) is 1.98. The molecule has 0 spiro atoms. The number of alkyl halides is 1. The van der Waals surface area contributed by atoms with Crippen LogP contribution in [0.5, 0.6) is 0 Å². The van der Waals surface area contributed by atoms with Crippen LogP contribution < -0.4 is 0 Å². The van der Waals surface area contributed by atoms with Gasteiger partial charge in [0.05, 0.1) is 4.92 Å². The van der Waals surface area contributed by atoms with Crippen molar-refractivity contribution >= 4 is 21.6 Å². The first-order valence-electron chi connectivity index (χ1n) is 5.36. The fraction of sp³-hybridized carbons (Fsp3) is 0.500. The van der Waals surface area contributed by atoms with E-state index in [1.807, 2.05) is 13.0 Å². The maximum absolute atomic E-state index is 10.6. The molecule has 2 unspecified atom stereocenters. The van der Waals surface area contributed by atoms with E-state index in [1.165, 1.54) is 5.56 Å². The zero-order valence-electron chi connectivity index (χ0n) is 9.74. The number of aryl methyl sites for hydroxylation is 1. The fourth-order valence-corrected chi connectivity index (χ4v) is 2.64. The van der Waals surface area contributed by atoms with Crippen LogP contribution in [0.4, 0.5) is 5.69 Å². The van der Waals surface area contributed by atoms with Gasteiger partial charge in [-0.3, -0.25) is 10.1 Å². The van der Waals surface area contributed by atoms with Crippen molar-refractivity contribution in [2.45, 2.75) is 37.9 Å². The number of nitro benzene ring substituents is 1. The van der Waals surface area contributed by atoms with E-state index >= 15 is 0 Å². The molecule has 0 aliphatic heterocycles. The minimum atomic E-state index is -0.352. The van der Waals surface area contributed by atoms with Crippen molar-refractivity contribution in [3.05, 3.63) is 39.4 Å². The quantitative estimate of drug-likeness (QED) is 0.473. The third-order valence-corrected chi connectivity index (χ3v) is 3.50. The van der Waals surface area contributed by atoms with E-state index in [0.717, 1.165) is 12.0 Å². The van der Waals surface area contributed by atoms with Crippen molar-refractivity contribution < 1.29 is 4.92 Å². The van der Waals surface area contributed by atoms with E-state index in [9.17, 15) is 10.1 Å². The molecular formula is C12H16BrNO2. The van der Waals surface area contributed by atoms with E-state index in [-0.39, 0.29) is 10.6 Å². The van der Waals surface area contributed by atoms with E-state index in [0.29, 0.717) is 10.7 Å². The van der Waals surface area contributed by atoms with Crippen LogP contribution in [0.1, 0.15) is 37.3 Å². The molecule has 0 aliphatic carbocycles. The monoisotopic (exact) mass is 285 g/mol.